The number of thioether (sulfide) groups is 1. The van der Waals surface area contributed by atoms with Crippen LogP contribution >= 0.6 is 23.1 Å². The number of carbonyl (C=O) groups is 2. The fraction of sp³-hybridized carbons (Fsp3) is 0.294. The van der Waals surface area contributed by atoms with E-state index >= 15 is 0 Å². The van der Waals surface area contributed by atoms with E-state index in [9.17, 15) is 14.7 Å². The number of aliphatic hydroxyl groups is 1. The molecule has 0 radical (unpaired) electrons. The van der Waals surface area contributed by atoms with E-state index in [2.05, 4.69) is 24.0 Å². The van der Waals surface area contributed by atoms with Gasteiger partial charge in [0, 0.05) is 17.7 Å². The number of ketones is 1. The molecule has 8 nitrogen and oxygen atoms in total. The number of fused-ring (bicyclic) bond motifs is 1. The van der Waals surface area contributed by atoms with E-state index < -0.39 is 17.7 Å². The molecular weight excluding hydrogens is 595 g/mol. The van der Waals surface area contributed by atoms with Gasteiger partial charge in [-0.2, -0.15) is 0 Å². The van der Waals surface area contributed by atoms with Crippen molar-refractivity contribution in [1.82, 2.24) is 10.2 Å². The molecule has 4 aromatic rings. The Labute approximate surface area is 264 Å². The monoisotopic (exact) mass is 627 g/mol. The molecule has 2 atom stereocenters. The van der Waals surface area contributed by atoms with E-state index in [4.69, 9.17) is 9.47 Å². The highest BCUT2D eigenvalue weighted by Crippen LogP contribution is 2.45. The van der Waals surface area contributed by atoms with E-state index in [-0.39, 0.29) is 22.6 Å². The molecule has 1 amide bonds. The molecule has 0 saturated carbocycles. The van der Waals surface area contributed by atoms with Crippen LogP contribution in [0.3, 0.4) is 0 Å². The first-order valence-electron chi connectivity index (χ1n) is 14.6. The Hall–Kier alpha value is -4.15. The van der Waals surface area contributed by atoms with Crippen LogP contribution in [0, 0.1) is 5.92 Å². The largest absolute Gasteiger partial charge is 0.507 e. The second-order valence-electron chi connectivity index (χ2n) is 11.4. The van der Waals surface area contributed by atoms with Crippen LogP contribution in [-0.2, 0) is 21.8 Å². The Bertz CT molecular complexity index is 1720. The van der Waals surface area contributed by atoms with E-state index in [0.717, 1.165) is 23.3 Å². The number of nitrogens with zero attached hydrogens (tertiary/aromatic N) is 3. The van der Waals surface area contributed by atoms with Crippen LogP contribution in [0.4, 0.5) is 5.13 Å². The van der Waals surface area contributed by atoms with Crippen molar-refractivity contribution >= 4 is 45.7 Å². The number of ether oxygens (including phenoxy) is 2. The molecule has 226 valence electrons. The number of hydrogen-bond acceptors (Lipinski definition) is 9. The minimum atomic E-state index is -0.924. The van der Waals surface area contributed by atoms with Crippen molar-refractivity contribution in [2.75, 3.05) is 11.5 Å². The van der Waals surface area contributed by atoms with Gasteiger partial charge in [-0.1, -0.05) is 79.4 Å². The third-order valence-electron chi connectivity index (χ3n) is 7.56. The average molecular weight is 628 g/mol. The lowest BCUT2D eigenvalue weighted by Gasteiger charge is -2.23. The smallest absolute Gasteiger partial charge is 0.301 e. The van der Waals surface area contributed by atoms with Crippen LogP contribution in [0.15, 0.2) is 82.7 Å². The standard InChI is InChI=1S/C34H33N3O5S2/c1-20(2)14-15-41-26-11-7-10-23(18-26)29-28(30(38)24-12-13-27-25(17-24)16-21(3)42-27)31(39)32(40)37(29)33-35-36-34(44-33)43-19-22-8-5-4-6-9-22/h4-13,17-18,20-21,29,38H,14-16,19H2,1-3H3/t21-,29+/m1/s1. The van der Waals surface area contributed by atoms with E-state index in [1.807, 2.05) is 67.6 Å². The second kappa shape index (κ2) is 12.8. The summed E-state index contributed by atoms with van der Waals surface area (Å²) in [6.45, 7) is 6.78. The topological polar surface area (TPSA) is 102 Å². The van der Waals surface area contributed by atoms with Gasteiger partial charge in [-0.05, 0) is 66.3 Å². The Morgan fingerprint density at radius 2 is 1.91 bits per heavy atom. The van der Waals surface area contributed by atoms with Crippen molar-refractivity contribution in [3.8, 4) is 11.5 Å². The Morgan fingerprint density at radius 3 is 2.70 bits per heavy atom. The molecule has 6 rings (SSSR count). The summed E-state index contributed by atoms with van der Waals surface area (Å²) < 4.78 is 12.5. The molecule has 0 aliphatic carbocycles. The van der Waals surface area contributed by atoms with Gasteiger partial charge in [0.25, 0.3) is 5.78 Å². The van der Waals surface area contributed by atoms with Crippen LogP contribution in [0.25, 0.3) is 5.76 Å². The lowest BCUT2D eigenvalue weighted by atomic mass is 9.94. The quantitative estimate of drug-likeness (QED) is 0.0647. The van der Waals surface area contributed by atoms with Crippen LogP contribution in [-0.4, -0.2) is 39.7 Å². The first-order chi connectivity index (χ1) is 21.3. The van der Waals surface area contributed by atoms with Gasteiger partial charge in [-0.25, -0.2) is 0 Å². The van der Waals surface area contributed by atoms with Gasteiger partial charge in [0.2, 0.25) is 5.13 Å². The summed E-state index contributed by atoms with van der Waals surface area (Å²) in [4.78, 5) is 28.8. The predicted molar refractivity (Wildman–Crippen MR) is 172 cm³/mol. The van der Waals surface area contributed by atoms with E-state index in [1.165, 1.54) is 28.0 Å². The second-order valence-corrected chi connectivity index (χ2v) is 13.5. The summed E-state index contributed by atoms with van der Waals surface area (Å²) in [7, 11) is 0. The van der Waals surface area contributed by atoms with Crippen LogP contribution in [0.5, 0.6) is 11.5 Å². The molecule has 2 aliphatic heterocycles. The van der Waals surface area contributed by atoms with Gasteiger partial charge in [0.15, 0.2) is 4.34 Å². The number of rotatable bonds is 10. The van der Waals surface area contributed by atoms with Crippen LogP contribution in [0.2, 0.25) is 0 Å². The lowest BCUT2D eigenvalue weighted by Crippen LogP contribution is -2.29. The van der Waals surface area contributed by atoms with Crippen LogP contribution in [0.1, 0.15) is 55.5 Å². The van der Waals surface area contributed by atoms with Gasteiger partial charge >= 0.3 is 5.91 Å². The zero-order chi connectivity index (χ0) is 30.8. The third kappa shape index (κ3) is 6.23. The zero-order valence-electron chi connectivity index (χ0n) is 24.7. The van der Waals surface area contributed by atoms with Crippen molar-refractivity contribution in [2.24, 2.45) is 5.92 Å². The summed E-state index contributed by atoms with van der Waals surface area (Å²) in [6, 6.07) is 21.7. The first kappa shape index (κ1) is 29.9. The predicted octanol–water partition coefficient (Wildman–Crippen LogP) is 7.21. The summed E-state index contributed by atoms with van der Waals surface area (Å²) in [5, 5.41) is 20.6. The fourth-order valence-corrected chi connectivity index (χ4v) is 7.16. The Kier molecular flexibility index (Phi) is 8.72. The van der Waals surface area contributed by atoms with Gasteiger partial charge in [-0.15, -0.1) is 10.2 Å². The highest BCUT2D eigenvalue weighted by molar-refractivity contribution is 8.00. The highest BCUT2D eigenvalue weighted by atomic mass is 32.2. The summed E-state index contributed by atoms with van der Waals surface area (Å²) >= 11 is 2.75. The summed E-state index contributed by atoms with van der Waals surface area (Å²) in [5.41, 5.74) is 3.15. The highest BCUT2D eigenvalue weighted by Gasteiger charge is 2.48. The SMILES string of the molecule is CC(C)CCOc1cccc([C@H]2C(=C(O)c3ccc4c(c3)C[C@@H](C)O4)C(=O)C(=O)N2c2nnc(SCc3ccccc3)s2)c1. The number of carbonyl (C=O) groups excluding carboxylic acids is 2. The minimum Gasteiger partial charge on any atom is -0.507 e. The average Bonchev–Trinajstić information content (AvgIpc) is 3.71. The Balaban J connectivity index is 1.38. The number of aliphatic hydroxyl groups excluding tert-OH is 1. The maximum Gasteiger partial charge on any atom is 0.301 e. The molecule has 3 heterocycles. The van der Waals surface area contributed by atoms with Crippen molar-refractivity contribution in [2.45, 2.75) is 55.9 Å². The summed E-state index contributed by atoms with van der Waals surface area (Å²) in [6.07, 6.45) is 1.60. The van der Waals surface area contributed by atoms with Crippen molar-refractivity contribution in [3.05, 3.63) is 101 Å². The molecule has 0 unspecified atom stereocenters. The number of aromatic nitrogens is 2. The van der Waals surface area contributed by atoms with Crippen molar-refractivity contribution in [1.29, 1.82) is 0 Å². The molecule has 1 fully saturated rings. The third-order valence-corrected chi connectivity index (χ3v) is 9.69. The van der Waals surface area contributed by atoms with Crippen LogP contribution < -0.4 is 14.4 Å². The molecular formula is C34H33N3O5S2. The normalized spacial score (nSPS) is 19.0. The maximum atomic E-state index is 13.7. The first-order valence-corrected chi connectivity index (χ1v) is 16.4. The van der Waals surface area contributed by atoms with Crippen molar-refractivity contribution < 1.29 is 24.2 Å². The number of anilines is 1. The lowest BCUT2D eigenvalue weighted by molar-refractivity contribution is -0.132. The summed E-state index contributed by atoms with van der Waals surface area (Å²) in [5.74, 6) is 0.757. The van der Waals surface area contributed by atoms with Gasteiger partial charge in [-0.3, -0.25) is 14.5 Å². The molecule has 3 aromatic carbocycles. The molecule has 44 heavy (non-hydrogen) atoms. The molecule has 10 heteroatoms. The minimum absolute atomic E-state index is 0.00469. The Morgan fingerprint density at radius 1 is 1.09 bits per heavy atom. The number of amides is 1. The fourth-order valence-electron chi connectivity index (χ4n) is 5.33. The molecule has 1 aromatic heterocycles. The molecule has 1 N–H and O–H groups in total. The number of hydrogen-bond donors (Lipinski definition) is 1. The number of benzene rings is 3. The van der Waals surface area contributed by atoms with Gasteiger partial charge < -0.3 is 14.6 Å². The van der Waals surface area contributed by atoms with E-state index in [1.54, 1.807) is 12.1 Å². The molecule has 0 bridgehead atoms. The van der Waals surface area contributed by atoms with E-state index in [0.29, 0.717) is 45.9 Å². The molecule has 1 saturated heterocycles. The molecule has 2 aliphatic rings. The maximum absolute atomic E-state index is 13.7. The molecule has 0 spiro atoms. The van der Waals surface area contributed by atoms with Gasteiger partial charge in [0.05, 0.1) is 18.2 Å². The van der Waals surface area contributed by atoms with Gasteiger partial charge in [0.1, 0.15) is 23.4 Å². The zero-order valence-corrected chi connectivity index (χ0v) is 26.4. The van der Waals surface area contributed by atoms with Crippen molar-refractivity contribution in [3.63, 3.8) is 0 Å². The number of Topliss-reactive ketones (excluding diaryl/α,β-unsaturated/α-hetero) is 1.